The molecule has 0 heterocycles. The van der Waals surface area contributed by atoms with Crippen LogP contribution in [0.25, 0.3) is 0 Å². The van der Waals surface area contributed by atoms with E-state index in [2.05, 4.69) is 26.6 Å². The van der Waals surface area contributed by atoms with Gasteiger partial charge in [-0.1, -0.05) is 22.9 Å². The number of rotatable bonds is 5. The molecule has 0 aromatic rings. The van der Waals surface area contributed by atoms with E-state index < -0.39 is 10.0 Å². The van der Waals surface area contributed by atoms with E-state index in [1.165, 1.54) is 0 Å². The Kier molecular flexibility index (Phi) is 5.55. The molecule has 0 aliphatic carbocycles. The predicted octanol–water partition coefficient (Wildman–Crippen LogP) is 1.06. The molecule has 70 valence electrons. The molecule has 0 rings (SSSR count). The van der Waals surface area contributed by atoms with Gasteiger partial charge < -0.3 is 0 Å². The van der Waals surface area contributed by atoms with Gasteiger partial charge in [0.2, 0.25) is 10.0 Å². The summed E-state index contributed by atoms with van der Waals surface area (Å²) in [6.07, 6.45) is 6.21. The number of halogens is 1. The van der Waals surface area contributed by atoms with E-state index in [4.69, 9.17) is 6.42 Å². The van der Waals surface area contributed by atoms with Gasteiger partial charge in [-0.05, 0) is 6.42 Å². The minimum atomic E-state index is -3.18. The highest BCUT2D eigenvalue weighted by Gasteiger charge is 2.13. The molecule has 0 saturated carbocycles. The van der Waals surface area contributed by atoms with Crippen molar-refractivity contribution in [2.45, 2.75) is 25.8 Å². The molecule has 0 aromatic carbocycles. The minimum Gasteiger partial charge on any atom is -0.212 e. The minimum absolute atomic E-state index is 0.0823. The van der Waals surface area contributed by atoms with Crippen LogP contribution in [-0.4, -0.2) is 19.1 Å². The van der Waals surface area contributed by atoms with Crippen molar-refractivity contribution in [3.8, 4) is 12.3 Å². The van der Waals surface area contributed by atoms with E-state index in [0.29, 0.717) is 12.8 Å². The lowest BCUT2D eigenvalue weighted by atomic mass is 10.2. The topological polar surface area (TPSA) is 46.2 Å². The van der Waals surface area contributed by atoms with Crippen LogP contribution in [0.3, 0.4) is 0 Å². The highest BCUT2D eigenvalue weighted by molar-refractivity contribution is 9.10. The number of hydrogen-bond donors (Lipinski definition) is 1. The van der Waals surface area contributed by atoms with Crippen molar-refractivity contribution in [1.82, 2.24) is 4.72 Å². The first-order valence-corrected chi connectivity index (χ1v) is 6.32. The average Bonchev–Trinajstić information content (AvgIpc) is 2.03. The molecule has 0 bridgehead atoms. The average molecular weight is 254 g/mol. The van der Waals surface area contributed by atoms with E-state index in [-0.39, 0.29) is 10.7 Å². The van der Waals surface area contributed by atoms with E-state index in [1.807, 2.05) is 6.92 Å². The van der Waals surface area contributed by atoms with Crippen LogP contribution in [-0.2, 0) is 10.0 Å². The third-order valence-corrected chi connectivity index (χ3v) is 4.13. The second kappa shape index (κ2) is 5.57. The number of hydrogen-bond acceptors (Lipinski definition) is 2. The third kappa shape index (κ3) is 4.75. The highest BCUT2D eigenvalue weighted by atomic mass is 79.9. The maximum Gasteiger partial charge on any atom is 0.221 e. The van der Waals surface area contributed by atoms with E-state index in [0.717, 1.165) is 0 Å². The second-order valence-electron chi connectivity index (χ2n) is 2.36. The lowest BCUT2D eigenvalue weighted by molar-refractivity contribution is 0.548. The normalized spacial score (nSPS) is 13.8. The number of nitrogens with one attached hydrogen (secondary N) is 1. The van der Waals surface area contributed by atoms with Gasteiger partial charge >= 0.3 is 0 Å². The largest absolute Gasteiger partial charge is 0.221 e. The Morgan fingerprint density at radius 3 is 2.58 bits per heavy atom. The molecule has 1 atom stereocenters. The maximum absolute atomic E-state index is 11.0. The molecule has 1 unspecified atom stereocenters. The van der Waals surface area contributed by atoms with Crippen molar-refractivity contribution in [3.05, 3.63) is 0 Å². The van der Waals surface area contributed by atoms with Gasteiger partial charge in [-0.15, -0.1) is 12.3 Å². The van der Waals surface area contributed by atoms with Gasteiger partial charge in [0.1, 0.15) is 4.66 Å². The molecule has 0 saturated heterocycles. The van der Waals surface area contributed by atoms with Crippen molar-refractivity contribution in [3.63, 3.8) is 0 Å². The Balaban J connectivity index is 4.13. The number of sulfonamides is 1. The standard InChI is InChI=1S/C7H12BrNO2S/c1-3-5-7(4-2)9-12(10,11)6-8/h1,7,9H,4-6H2,2H3. The molecule has 0 aliphatic heterocycles. The Morgan fingerprint density at radius 1 is 1.67 bits per heavy atom. The summed E-state index contributed by atoms with van der Waals surface area (Å²) in [5.41, 5.74) is 0. The van der Waals surface area contributed by atoms with Crippen LogP contribution < -0.4 is 4.72 Å². The summed E-state index contributed by atoms with van der Waals surface area (Å²) in [5, 5.41) is 0. The van der Waals surface area contributed by atoms with Crippen LogP contribution in [0.1, 0.15) is 19.8 Å². The fourth-order valence-electron chi connectivity index (χ4n) is 0.697. The molecule has 0 fully saturated rings. The first-order valence-electron chi connectivity index (χ1n) is 3.55. The molecule has 0 aliphatic rings. The van der Waals surface area contributed by atoms with Gasteiger partial charge in [0.15, 0.2) is 0 Å². The van der Waals surface area contributed by atoms with Gasteiger partial charge in [-0.25, -0.2) is 13.1 Å². The summed E-state index contributed by atoms with van der Waals surface area (Å²) >= 11 is 2.88. The van der Waals surface area contributed by atoms with Crippen molar-refractivity contribution in [1.29, 1.82) is 0 Å². The summed E-state index contributed by atoms with van der Waals surface area (Å²) in [4.78, 5) is 0. The maximum atomic E-state index is 11.0. The Bertz CT molecular complexity index is 255. The van der Waals surface area contributed by atoms with Crippen LogP contribution in [0.5, 0.6) is 0 Å². The number of terminal acetylenes is 1. The third-order valence-electron chi connectivity index (χ3n) is 1.35. The van der Waals surface area contributed by atoms with Crippen molar-refractivity contribution in [2.24, 2.45) is 0 Å². The summed E-state index contributed by atoms with van der Waals surface area (Å²) in [5.74, 6) is 2.42. The molecule has 3 nitrogen and oxygen atoms in total. The predicted molar refractivity (Wildman–Crippen MR) is 53.4 cm³/mol. The fourth-order valence-corrected chi connectivity index (χ4v) is 1.91. The molecular weight excluding hydrogens is 242 g/mol. The molecule has 5 heteroatoms. The van der Waals surface area contributed by atoms with Crippen molar-refractivity contribution < 1.29 is 8.42 Å². The monoisotopic (exact) mass is 253 g/mol. The first-order chi connectivity index (χ1) is 5.55. The van der Waals surface area contributed by atoms with Gasteiger partial charge in [0, 0.05) is 12.5 Å². The van der Waals surface area contributed by atoms with Crippen LogP contribution >= 0.6 is 15.9 Å². The van der Waals surface area contributed by atoms with Crippen LogP contribution in [0.4, 0.5) is 0 Å². The Labute approximate surface area is 82.1 Å². The fraction of sp³-hybridized carbons (Fsp3) is 0.714. The van der Waals surface area contributed by atoms with Gasteiger partial charge in [0.05, 0.1) is 0 Å². The Morgan fingerprint density at radius 2 is 2.25 bits per heavy atom. The molecule has 0 aromatic heterocycles. The molecule has 1 N–H and O–H groups in total. The summed E-state index contributed by atoms with van der Waals surface area (Å²) in [6, 6.07) is -0.141. The van der Waals surface area contributed by atoms with E-state index >= 15 is 0 Å². The molecule has 12 heavy (non-hydrogen) atoms. The summed E-state index contributed by atoms with van der Waals surface area (Å²) in [6.45, 7) is 1.89. The van der Waals surface area contributed by atoms with Crippen LogP contribution in [0.2, 0.25) is 0 Å². The van der Waals surface area contributed by atoms with Crippen LogP contribution in [0.15, 0.2) is 0 Å². The zero-order chi connectivity index (χ0) is 9.61. The van der Waals surface area contributed by atoms with Crippen molar-refractivity contribution in [2.75, 3.05) is 4.66 Å². The summed E-state index contributed by atoms with van der Waals surface area (Å²) < 4.78 is 24.4. The molecule has 0 spiro atoms. The summed E-state index contributed by atoms with van der Waals surface area (Å²) in [7, 11) is -3.18. The van der Waals surface area contributed by atoms with Crippen LogP contribution in [0, 0.1) is 12.3 Å². The molecule has 0 amide bonds. The van der Waals surface area contributed by atoms with Crippen molar-refractivity contribution >= 4 is 26.0 Å². The first kappa shape index (κ1) is 11.9. The zero-order valence-electron chi connectivity index (χ0n) is 6.88. The zero-order valence-corrected chi connectivity index (χ0v) is 9.28. The van der Waals surface area contributed by atoms with E-state index in [9.17, 15) is 8.42 Å². The lowest BCUT2D eigenvalue weighted by Crippen LogP contribution is -2.34. The quantitative estimate of drug-likeness (QED) is 0.589. The second-order valence-corrected chi connectivity index (χ2v) is 5.41. The SMILES string of the molecule is C#CCC(CC)NS(=O)(=O)CBr. The van der Waals surface area contributed by atoms with E-state index in [1.54, 1.807) is 0 Å². The molecular formula is C7H12BrNO2S. The highest BCUT2D eigenvalue weighted by Crippen LogP contribution is 2.00. The Hall–Kier alpha value is -0.0500. The number of alkyl halides is 1. The smallest absolute Gasteiger partial charge is 0.212 e. The van der Waals surface area contributed by atoms with Gasteiger partial charge in [-0.3, -0.25) is 0 Å². The molecule has 0 radical (unpaired) electrons. The van der Waals surface area contributed by atoms with Gasteiger partial charge in [0.25, 0.3) is 0 Å². The lowest BCUT2D eigenvalue weighted by Gasteiger charge is -2.12. The van der Waals surface area contributed by atoms with Gasteiger partial charge in [-0.2, -0.15) is 0 Å².